The Labute approximate surface area is 179 Å². The Balaban J connectivity index is 1.62. The SMILES string of the molecule is CSc1c(C#N)c(=O)n2ccccc2c1C(=O)N1CCN(Cc2ccccc2)CC1. The first-order valence-corrected chi connectivity index (χ1v) is 11.0. The smallest absolute Gasteiger partial charge is 0.274 e. The third-order valence-corrected chi connectivity index (χ3v) is 6.26. The minimum atomic E-state index is -0.387. The van der Waals surface area contributed by atoms with Crippen LogP contribution in [0, 0.1) is 11.3 Å². The standard InChI is InChI=1S/C23H22N4O2S/c1-30-21-18(15-24)22(28)27-10-6-5-9-19(27)20(21)23(29)26-13-11-25(12-14-26)16-17-7-3-2-4-8-17/h2-10H,11-14,16H2,1H3. The van der Waals surface area contributed by atoms with Crippen LogP contribution in [0.2, 0.25) is 0 Å². The van der Waals surface area contributed by atoms with Gasteiger partial charge in [0.25, 0.3) is 11.5 Å². The number of nitriles is 1. The Bertz CT molecular complexity index is 1180. The molecule has 152 valence electrons. The van der Waals surface area contributed by atoms with Gasteiger partial charge in [-0.1, -0.05) is 36.4 Å². The summed E-state index contributed by atoms with van der Waals surface area (Å²) < 4.78 is 1.40. The van der Waals surface area contributed by atoms with Gasteiger partial charge in [-0.25, -0.2) is 0 Å². The van der Waals surface area contributed by atoms with E-state index in [9.17, 15) is 14.9 Å². The van der Waals surface area contributed by atoms with Gasteiger partial charge in [0, 0.05) is 43.8 Å². The molecule has 0 radical (unpaired) electrons. The van der Waals surface area contributed by atoms with Crippen molar-refractivity contribution in [3.8, 4) is 6.07 Å². The van der Waals surface area contributed by atoms with Crippen LogP contribution in [-0.2, 0) is 6.54 Å². The lowest BCUT2D eigenvalue weighted by molar-refractivity contribution is 0.0626. The van der Waals surface area contributed by atoms with Crippen molar-refractivity contribution in [3.05, 3.63) is 81.8 Å². The number of benzene rings is 1. The summed E-state index contributed by atoms with van der Waals surface area (Å²) >= 11 is 1.28. The van der Waals surface area contributed by atoms with E-state index >= 15 is 0 Å². The monoisotopic (exact) mass is 418 g/mol. The molecular weight excluding hydrogens is 396 g/mol. The van der Waals surface area contributed by atoms with Gasteiger partial charge in [0.15, 0.2) is 0 Å². The molecule has 3 heterocycles. The number of thioether (sulfide) groups is 1. The minimum Gasteiger partial charge on any atom is -0.336 e. The number of carbonyl (C=O) groups excluding carboxylic acids is 1. The van der Waals surface area contributed by atoms with Crippen molar-refractivity contribution in [3.63, 3.8) is 0 Å². The largest absolute Gasteiger partial charge is 0.336 e. The van der Waals surface area contributed by atoms with E-state index < -0.39 is 0 Å². The number of fused-ring (bicyclic) bond motifs is 1. The molecule has 1 amide bonds. The maximum Gasteiger partial charge on any atom is 0.274 e. The van der Waals surface area contributed by atoms with Gasteiger partial charge in [0.05, 0.1) is 11.1 Å². The molecule has 2 aromatic heterocycles. The van der Waals surface area contributed by atoms with Crippen LogP contribution in [-0.4, -0.2) is 52.5 Å². The summed E-state index contributed by atoms with van der Waals surface area (Å²) in [4.78, 5) is 30.8. The van der Waals surface area contributed by atoms with Crippen LogP contribution in [0.4, 0.5) is 0 Å². The van der Waals surface area contributed by atoms with Crippen molar-refractivity contribution >= 4 is 23.2 Å². The first-order chi connectivity index (χ1) is 14.6. The predicted octanol–water partition coefficient (Wildman–Crippen LogP) is 2.85. The van der Waals surface area contributed by atoms with Crippen molar-refractivity contribution in [2.45, 2.75) is 11.4 Å². The summed E-state index contributed by atoms with van der Waals surface area (Å²) in [6, 6.07) is 17.6. The van der Waals surface area contributed by atoms with E-state index in [0.717, 1.165) is 19.6 Å². The van der Waals surface area contributed by atoms with E-state index in [1.165, 1.54) is 21.7 Å². The molecule has 1 aliphatic rings. The molecule has 1 aliphatic heterocycles. The Kier molecular flexibility index (Phi) is 5.88. The highest BCUT2D eigenvalue weighted by atomic mass is 32.2. The number of nitrogens with zero attached hydrogens (tertiary/aromatic N) is 4. The van der Waals surface area contributed by atoms with Crippen LogP contribution < -0.4 is 5.56 Å². The summed E-state index contributed by atoms with van der Waals surface area (Å²) in [5, 5.41) is 9.57. The maximum absolute atomic E-state index is 13.5. The van der Waals surface area contributed by atoms with Gasteiger partial charge in [-0.05, 0) is 24.0 Å². The summed E-state index contributed by atoms with van der Waals surface area (Å²) in [5.74, 6) is -0.126. The highest BCUT2D eigenvalue weighted by Gasteiger charge is 2.28. The van der Waals surface area contributed by atoms with Crippen molar-refractivity contribution in [2.24, 2.45) is 0 Å². The Morgan fingerprint density at radius 1 is 1.07 bits per heavy atom. The molecule has 0 N–H and O–H groups in total. The van der Waals surface area contributed by atoms with E-state index in [1.54, 1.807) is 30.7 Å². The molecule has 0 spiro atoms. The molecule has 6 nitrogen and oxygen atoms in total. The highest BCUT2D eigenvalue weighted by molar-refractivity contribution is 7.98. The van der Waals surface area contributed by atoms with Gasteiger partial charge in [0.2, 0.25) is 0 Å². The second-order valence-electron chi connectivity index (χ2n) is 7.21. The van der Waals surface area contributed by atoms with Gasteiger partial charge in [-0.3, -0.25) is 18.9 Å². The van der Waals surface area contributed by atoms with E-state index in [2.05, 4.69) is 17.0 Å². The number of hydrogen-bond acceptors (Lipinski definition) is 5. The molecule has 1 aromatic carbocycles. The highest BCUT2D eigenvalue weighted by Crippen LogP contribution is 2.28. The van der Waals surface area contributed by atoms with E-state index in [-0.39, 0.29) is 17.0 Å². The third-order valence-electron chi connectivity index (χ3n) is 5.44. The molecule has 1 fully saturated rings. The zero-order valence-corrected chi connectivity index (χ0v) is 17.6. The number of carbonyl (C=O) groups is 1. The first kappa shape index (κ1) is 20.2. The average molecular weight is 419 g/mol. The quantitative estimate of drug-likeness (QED) is 0.610. The summed E-state index contributed by atoms with van der Waals surface area (Å²) in [7, 11) is 0. The van der Waals surface area contributed by atoms with Gasteiger partial charge in [0.1, 0.15) is 11.6 Å². The molecule has 0 aliphatic carbocycles. The van der Waals surface area contributed by atoms with Gasteiger partial charge in [-0.2, -0.15) is 5.26 Å². The van der Waals surface area contributed by atoms with Crippen molar-refractivity contribution < 1.29 is 4.79 Å². The van der Waals surface area contributed by atoms with E-state index in [1.807, 2.05) is 29.2 Å². The first-order valence-electron chi connectivity index (χ1n) is 9.81. The molecule has 30 heavy (non-hydrogen) atoms. The number of hydrogen-bond donors (Lipinski definition) is 0. The van der Waals surface area contributed by atoms with E-state index in [0.29, 0.717) is 29.1 Å². The van der Waals surface area contributed by atoms with Crippen molar-refractivity contribution in [1.82, 2.24) is 14.2 Å². The number of pyridine rings is 2. The van der Waals surface area contributed by atoms with Gasteiger partial charge < -0.3 is 4.90 Å². The second-order valence-corrected chi connectivity index (χ2v) is 8.03. The third kappa shape index (κ3) is 3.72. The van der Waals surface area contributed by atoms with Crippen LogP contribution >= 0.6 is 11.8 Å². The van der Waals surface area contributed by atoms with Crippen LogP contribution in [0.5, 0.6) is 0 Å². The Morgan fingerprint density at radius 2 is 1.77 bits per heavy atom. The van der Waals surface area contributed by atoms with Crippen LogP contribution in [0.15, 0.2) is 64.4 Å². The molecule has 0 bridgehead atoms. The lowest BCUT2D eigenvalue weighted by Gasteiger charge is -2.35. The Morgan fingerprint density at radius 3 is 2.43 bits per heavy atom. The predicted molar refractivity (Wildman–Crippen MR) is 118 cm³/mol. The zero-order chi connectivity index (χ0) is 21.1. The van der Waals surface area contributed by atoms with Gasteiger partial charge in [-0.15, -0.1) is 11.8 Å². The maximum atomic E-state index is 13.5. The number of aromatic nitrogens is 1. The van der Waals surface area contributed by atoms with Crippen molar-refractivity contribution in [1.29, 1.82) is 5.26 Å². The number of piperazine rings is 1. The fourth-order valence-corrected chi connectivity index (χ4v) is 4.63. The average Bonchev–Trinajstić information content (AvgIpc) is 2.79. The normalized spacial score (nSPS) is 14.6. The lowest BCUT2D eigenvalue weighted by Crippen LogP contribution is -2.48. The molecule has 4 rings (SSSR count). The number of rotatable bonds is 4. The lowest BCUT2D eigenvalue weighted by atomic mass is 10.1. The fraction of sp³-hybridized carbons (Fsp3) is 0.261. The number of amides is 1. The topological polar surface area (TPSA) is 68.8 Å². The molecule has 0 saturated carbocycles. The van der Waals surface area contributed by atoms with Crippen LogP contribution in [0.1, 0.15) is 21.5 Å². The van der Waals surface area contributed by atoms with Crippen molar-refractivity contribution in [2.75, 3.05) is 32.4 Å². The second kappa shape index (κ2) is 8.74. The minimum absolute atomic E-state index is 0.0252. The molecule has 0 unspecified atom stereocenters. The summed E-state index contributed by atoms with van der Waals surface area (Å²) in [6.45, 7) is 3.65. The van der Waals surface area contributed by atoms with Crippen LogP contribution in [0.25, 0.3) is 5.52 Å². The molecule has 7 heteroatoms. The Hall–Kier alpha value is -3.08. The fourth-order valence-electron chi connectivity index (χ4n) is 3.90. The molecule has 3 aromatic rings. The van der Waals surface area contributed by atoms with Gasteiger partial charge >= 0.3 is 0 Å². The molecule has 1 saturated heterocycles. The van der Waals surface area contributed by atoms with Crippen LogP contribution in [0.3, 0.4) is 0 Å². The van der Waals surface area contributed by atoms with E-state index in [4.69, 9.17) is 0 Å². The summed E-state index contributed by atoms with van der Waals surface area (Å²) in [6.07, 6.45) is 3.40. The molecule has 0 atom stereocenters. The summed E-state index contributed by atoms with van der Waals surface area (Å²) in [5.41, 5.74) is 1.88. The molecular formula is C23H22N4O2S. The zero-order valence-electron chi connectivity index (χ0n) is 16.7.